The third-order valence-electron chi connectivity index (χ3n) is 2.64. The van der Waals surface area contributed by atoms with E-state index in [9.17, 15) is 9.18 Å². The van der Waals surface area contributed by atoms with Crippen LogP contribution in [0.5, 0.6) is 0 Å². The van der Waals surface area contributed by atoms with E-state index in [0.717, 1.165) is 12.8 Å². The minimum absolute atomic E-state index is 0.114. The van der Waals surface area contributed by atoms with Crippen LogP contribution in [0.15, 0.2) is 36.4 Å². The second-order valence-corrected chi connectivity index (χ2v) is 3.94. The molecule has 0 saturated carbocycles. The van der Waals surface area contributed by atoms with Crippen molar-refractivity contribution in [3.8, 4) is 0 Å². The molecule has 4 heteroatoms. The Morgan fingerprint density at radius 2 is 2.00 bits per heavy atom. The Bertz CT molecular complexity index is 420. The fraction of sp³-hybridized carbons (Fsp3) is 0.308. The van der Waals surface area contributed by atoms with Crippen molar-refractivity contribution in [1.29, 1.82) is 0 Å². The molecule has 0 bridgehead atoms. The number of rotatable bonds is 4. The maximum atomic E-state index is 13.2. The zero-order valence-electron chi connectivity index (χ0n) is 9.27. The molecular formula is C13H13FO3. The van der Waals surface area contributed by atoms with Gasteiger partial charge in [0.2, 0.25) is 0 Å². The Hall–Kier alpha value is -1.68. The van der Waals surface area contributed by atoms with Crippen LogP contribution in [-0.2, 0) is 9.78 Å². The van der Waals surface area contributed by atoms with Gasteiger partial charge >= 0.3 is 5.97 Å². The highest BCUT2D eigenvalue weighted by Crippen LogP contribution is 2.18. The van der Waals surface area contributed by atoms with E-state index >= 15 is 0 Å². The minimum atomic E-state index is -0.797. The topological polar surface area (TPSA) is 35.5 Å². The van der Waals surface area contributed by atoms with Crippen LogP contribution in [-0.4, -0.2) is 12.6 Å². The minimum Gasteiger partial charge on any atom is -0.293 e. The predicted octanol–water partition coefficient (Wildman–Crippen LogP) is 2.88. The summed E-state index contributed by atoms with van der Waals surface area (Å²) in [7, 11) is 0. The first-order valence-electron chi connectivity index (χ1n) is 5.50. The van der Waals surface area contributed by atoms with Gasteiger partial charge in [-0.1, -0.05) is 24.3 Å². The average molecular weight is 236 g/mol. The van der Waals surface area contributed by atoms with Crippen molar-refractivity contribution in [1.82, 2.24) is 0 Å². The number of hydrogen-bond acceptors (Lipinski definition) is 3. The molecular weight excluding hydrogens is 223 g/mol. The SMILES string of the molecule is O=C(OOCC1CC=CC1)c1ccccc1F. The standard InChI is InChI=1S/C13H13FO3/c14-12-8-4-3-7-11(12)13(15)17-16-9-10-5-1-2-6-10/h1-4,7-8,10H,5-6,9H2. The van der Waals surface area contributed by atoms with Gasteiger partial charge < -0.3 is 0 Å². The third-order valence-corrected chi connectivity index (χ3v) is 2.64. The van der Waals surface area contributed by atoms with Crippen LogP contribution in [0, 0.1) is 11.7 Å². The maximum Gasteiger partial charge on any atom is 0.376 e. The summed E-state index contributed by atoms with van der Waals surface area (Å²) in [5.74, 6) is -1.05. The lowest BCUT2D eigenvalue weighted by atomic mass is 10.1. The number of benzene rings is 1. The average Bonchev–Trinajstić information content (AvgIpc) is 2.82. The number of halogens is 1. The smallest absolute Gasteiger partial charge is 0.293 e. The van der Waals surface area contributed by atoms with Crippen molar-refractivity contribution in [2.24, 2.45) is 5.92 Å². The van der Waals surface area contributed by atoms with E-state index in [2.05, 4.69) is 17.0 Å². The summed E-state index contributed by atoms with van der Waals surface area (Å²) >= 11 is 0. The van der Waals surface area contributed by atoms with Gasteiger partial charge in [0.1, 0.15) is 5.82 Å². The molecule has 1 aliphatic rings. The molecule has 0 radical (unpaired) electrons. The molecule has 3 nitrogen and oxygen atoms in total. The van der Waals surface area contributed by atoms with Gasteiger partial charge in [-0.3, -0.25) is 4.89 Å². The molecule has 1 aliphatic carbocycles. The largest absolute Gasteiger partial charge is 0.376 e. The van der Waals surface area contributed by atoms with Gasteiger partial charge in [-0.25, -0.2) is 9.18 Å². The van der Waals surface area contributed by atoms with Crippen molar-refractivity contribution in [2.75, 3.05) is 6.61 Å². The van der Waals surface area contributed by atoms with E-state index in [-0.39, 0.29) is 5.56 Å². The van der Waals surface area contributed by atoms with Crippen LogP contribution in [0.2, 0.25) is 0 Å². The molecule has 1 aromatic carbocycles. The van der Waals surface area contributed by atoms with Gasteiger partial charge in [0.15, 0.2) is 0 Å². The van der Waals surface area contributed by atoms with E-state index < -0.39 is 11.8 Å². The van der Waals surface area contributed by atoms with Gasteiger partial charge in [0, 0.05) is 0 Å². The first-order chi connectivity index (χ1) is 8.27. The molecule has 17 heavy (non-hydrogen) atoms. The molecule has 0 aliphatic heterocycles. The molecule has 1 aromatic rings. The predicted molar refractivity (Wildman–Crippen MR) is 59.6 cm³/mol. The maximum absolute atomic E-state index is 13.2. The van der Waals surface area contributed by atoms with Gasteiger partial charge in [-0.2, -0.15) is 4.89 Å². The summed E-state index contributed by atoms with van der Waals surface area (Å²) in [5.41, 5.74) is -0.114. The van der Waals surface area contributed by atoms with E-state index in [1.807, 2.05) is 0 Å². The Balaban J connectivity index is 1.79. The molecule has 0 aromatic heterocycles. The molecule has 0 fully saturated rings. The summed E-state index contributed by atoms with van der Waals surface area (Å²) in [5, 5.41) is 0. The molecule has 0 heterocycles. The zero-order chi connectivity index (χ0) is 12.1. The van der Waals surface area contributed by atoms with Crippen LogP contribution in [0.25, 0.3) is 0 Å². The Morgan fingerprint density at radius 1 is 1.29 bits per heavy atom. The Morgan fingerprint density at radius 3 is 2.71 bits per heavy atom. The lowest BCUT2D eigenvalue weighted by Gasteiger charge is -2.08. The summed E-state index contributed by atoms with van der Waals surface area (Å²) in [6.07, 6.45) is 5.98. The highest BCUT2D eigenvalue weighted by atomic mass is 19.1. The van der Waals surface area contributed by atoms with Crippen molar-refractivity contribution in [3.63, 3.8) is 0 Å². The number of carbonyl (C=O) groups is 1. The van der Waals surface area contributed by atoms with Crippen molar-refractivity contribution >= 4 is 5.97 Å². The van der Waals surface area contributed by atoms with Crippen LogP contribution in [0.4, 0.5) is 4.39 Å². The highest BCUT2D eigenvalue weighted by molar-refractivity contribution is 5.89. The molecule has 0 unspecified atom stereocenters. The van der Waals surface area contributed by atoms with E-state index in [1.54, 1.807) is 6.07 Å². The van der Waals surface area contributed by atoms with Crippen molar-refractivity contribution in [3.05, 3.63) is 47.8 Å². The molecule has 0 N–H and O–H groups in total. The molecule has 0 spiro atoms. The fourth-order valence-electron chi connectivity index (χ4n) is 1.67. The van der Waals surface area contributed by atoms with E-state index in [1.165, 1.54) is 18.2 Å². The fourth-order valence-corrected chi connectivity index (χ4v) is 1.67. The van der Waals surface area contributed by atoms with Crippen LogP contribution in [0.3, 0.4) is 0 Å². The van der Waals surface area contributed by atoms with E-state index in [0.29, 0.717) is 12.5 Å². The van der Waals surface area contributed by atoms with Gasteiger partial charge in [0.25, 0.3) is 0 Å². The van der Waals surface area contributed by atoms with Crippen LogP contribution in [0.1, 0.15) is 23.2 Å². The van der Waals surface area contributed by atoms with Crippen LogP contribution >= 0.6 is 0 Å². The van der Waals surface area contributed by atoms with E-state index in [4.69, 9.17) is 4.89 Å². The Kier molecular flexibility index (Phi) is 3.88. The third kappa shape index (κ3) is 3.14. The Labute approximate surface area is 98.8 Å². The van der Waals surface area contributed by atoms with Crippen molar-refractivity contribution in [2.45, 2.75) is 12.8 Å². The van der Waals surface area contributed by atoms with Gasteiger partial charge in [-0.15, -0.1) is 0 Å². The molecule has 2 rings (SSSR count). The normalized spacial score (nSPS) is 15.1. The molecule has 90 valence electrons. The molecule has 0 amide bonds. The molecule has 0 saturated heterocycles. The summed E-state index contributed by atoms with van der Waals surface area (Å²) in [6, 6.07) is 5.65. The monoisotopic (exact) mass is 236 g/mol. The number of hydrogen-bond donors (Lipinski definition) is 0. The van der Waals surface area contributed by atoms with Crippen molar-refractivity contribution < 1.29 is 19.0 Å². The summed E-state index contributed by atoms with van der Waals surface area (Å²) in [4.78, 5) is 20.8. The zero-order valence-corrected chi connectivity index (χ0v) is 9.27. The highest BCUT2D eigenvalue weighted by Gasteiger charge is 2.15. The number of carbonyl (C=O) groups excluding carboxylic acids is 1. The summed E-state index contributed by atoms with van der Waals surface area (Å²) in [6.45, 7) is 0.340. The summed E-state index contributed by atoms with van der Waals surface area (Å²) < 4.78 is 13.2. The lowest BCUT2D eigenvalue weighted by molar-refractivity contribution is -0.248. The quantitative estimate of drug-likeness (QED) is 0.458. The van der Waals surface area contributed by atoms with Gasteiger partial charge in [0.05, 0.1) is 12.2 Å². The molecule has 0 atom stereocenters. The van der Waals surface area contributed by atoms with Crippen LogP contribution < -0.4 is 0 Å². The lowest BCUT2D eigenvalue weighted by Crippen LogP contribution is -2.12. The first kappa shape index (κ1) is 11.8. The first-order valence-corrected chi connectivity index (χ1v) is 5.50. The second kappa shape index (κ2) is 5.59. The number of allylic oxidation sites excluding steroid dienone is 2. The second-order valence-electron chi connectivity index (χ2n) is 3.94. The van der Waals surface area contributed by atoms with Gasteiger partial charge in [-0.05, 0) is 30.9 Å².